The van der Waals surface area contributed by atoms with Gasteiger partial charge < -0.3 is 5.48 Å². The smallest absolute Gasteiger partial charge is 0.0178 e. The predicted octanol–water partition coefficient (Wildman–Crippen LogP) is 5.02. The van der Waals surface area contributed by atoms with E-state index in [2.05, 4.69) is 49.9 Å². The van der Waals surface area contributed by atoms with E-state index >= 15 is 0 Å². The zero-order chi connectivity index (χ0) is 13.3. The van der Waals surface area contributed by atoms with Crippen molar-refractivity contribution in [2.75, 3.05) is 0 Å². The van der Waals surface area contributed by atoms with E-state index < -0.39 is 0 Å². The Balaban J connectivity index is 0. The highest BCUT2D eigenvalue weighted by atomic mass is 16.0. The summed E-state index contributed by atoms with van der Waals surface area (Å²) in [6.45, 7) is 13.9. The van der Waals surface area contributed by atoms with Crippen LogP contribution in [-0.2, 0) is 0 Å². The average molecular weight is 246 g/mol. The largest absolute Gasteiger partial charge is 0.412 e. The van der Waals surface area contributed by atoms with Crippen molar-refractivity contribution in [3.63, 3.8) is 0 Å². The third-order valence-corrected chi connectivity index (χ3v) is 2.26. The predicted molar refractivity (Wildman–Crippen MR) is 85.1 cm³/mol. The molecule has 1 heteroatoms. The van der Waals surface area contributed by atoms with Crippen molar-refractivity contribution in [1.29, 1.82) is 0 Å². The Morgan fingerprint density at radius 2 is 1.33 bits per heavy atom. The van der Waals surface area contributed by atoms with Crippen molar-refractivity contribution < 1.29 is 5.48 Å². The molecule has 2 aromatic carbocycles. The molecule has 0 radical (unpaired) electrons. The highest BCUT2D eigenvalue weighted by molar-refractivity contribution is 5.85. The zero-order valence-electron chi connectivity index (χ0n) is 12.2. The van der Waals surface area contributed by atoms with Gasteiger partial charge in [0.15, 0.2) is 0 Å². The van der Waals surface area contributed by atoms with Crippen molar-refractivity contribution >= 4 is 16.8 Å². The zero-order valence-corrected chi connectivity index (χ0v) is 12.2. The van der Waals surface area contributed by atoms with E-state index in [0.717, 1.165) is 0 Å². The summed E-state index contributed by atoms with van der Waals surface area (Å²) in [4.78, 5) is 0. The molecule has 0 aliphatic carbocycles. The SMILES string of the molecule is C=Cc1ccc2cc(C)ccc2c1.CC.CC.O. The molecule has 2 rings (SSSR count). The highest BCUT2D eigenvalue weighted by Gasteiger charge is 1.93. The van der Waals surface area contributed by atoms with Crippen LogP contribution in [0.4, 0.5) is 0 Å². The Hall–Kier alpha value is -1.60. The van der Waals surface area contributed by atoms with Crippen LogP contribution in [0.2, 0.25) is 0 Å². The van der Waals surface area contributed by atoms with Gasteiger partial charge in [0.05, 0.1) is 0 Å². The number of rotatable bonds is 1. The maximum Gasteiger partial charge on any atom is -0.0178 e. The number of benzene rings is 2. The van der Waals surface area contributed by atoms with Crippen molar-refractivity contribution in [3.8, 4) is 0 Å². The van der Waals surface area contributed by atoms with Crippen LogP contribution in [0, 0.1) is 6.92 Å². The van der Waals surface area contributed by atoms with Crippen molar-refractivity contribution in [1.82, 2.24) is 0 Å². The molecule has 0 amide bonds. The lowest BCUT2D eigenvalue weighted by Gasteiger charge is -2.00. The molecule has 100 valence electrons. The monoisotopic (exact) mass is 246 g/mol. The molecule has 0 heterocycles. The van der Waals surface area contributed by atoms with E-state index in [9.17, 15) is 0 Å². The molecule has 0 atom stereocenters. The Kier molecular flexibility index (Phi) is 11.0. The second kappa shape index (κ2) is 10.5. The van der Waals surface area contributed by atoms with E-state index in [-0.39, 0.29) is 5.48 Å². The van der Waals surface area contributed by atoms with E-state index in [0.29, 0.717) is 0 Å². The first-order chi connectivity index (χ1) is 8.29. The molecule has 0 spiro atoms. The van der Waals surface area contributed by atoms with Crippen LogP contribution in [0.1, 0.15) is 38.8 Å². The van der Waals surface area contributed by atoms with Crippen molar-refractivity contribution in [2.45, 2.75) is 34.6 Å². The highest BCUT2D eigenvalue weighted by Crippen LogP contribution is 2.17. The third kappa shape index (κ3) is 5.15. The second-order valence-electron chi connectivity index (χ2n) is 3.31. The van der Waals surface area contributed by atoms with Crippen molar-refractivity contribution in [3.05, 3.63) is 54.1 Å². The minimum Gasteiger partial charge on any atom is -0.412 e. The molecular formula is C17H26O. The Labute approximate surface area is 111 Å². The van der Waals surface area contributed by atoms with E-state index in [1.54, 1.807) is 0 Å². The van der Waals surface area contributed by atoms with Gasteiger partial charge in [-0.05, 0) is 29.3 Å². The van der Waals surface area contributed by atoms with Crippen LogP contribution in [0.15, 0.2) is 43.0 Å². The minimum absolute atomic E-state index is 0. The molecule has 0 saturated heterocycles. The summed E-state index contributed by atoms with van der Waals surface area (Å²) in [6, 6.07) is 12.9. The van der Waals surface area contributed by atoms with Crippen LogP contribution in [0.3, 0.4) is 0 Å². The maximum absolute atomic E-state index is 3.76. The summed E-state index contributed by atoms with van der Waals surface area (Å²) in [6.07, 6.45) is 1.87. The molecule has 2 aromatic rings. The lowest BCUT2D eigenvalue weighted by atomic mass is 10.1. The summed E-state index contributed by atoms with van der Waals surface area (Å²) >= 11 is 0. The van der Waals surface area contributed by atoms with Crippen LogP contribution < -0.4 is 0 Å². The fourth-order valence-corrected chi connectivity index (χ4v) is 1.51. The normalized spacial score (nSPS) is 8.06. The van der Waals surface area contributed by atoms with Crippen molar-refractivity contribution in [2.24, 2.45) is 0 Å². The summed E-state index contributed by atoms with van der Waals surface area (Å²) in [5.74, 6) is 0. The fourth-order valence-electron chi connectivity index (χ4n) is 1.51. The van der Waals surface area contributed by atoms with Gasteiger partial charge in [-0.15, -0.1) is 0 Å². The molecule has 18 heavy (non-hydrogen) atoms. The minimum atomic E-state index is 0. The Morgan fingerprint density at radius 1 is 0.833 bits per heavy atom. The molecule has 1 nitrogen and oxygen atoms in total. The van der Waals surface area contributed by atoms with Gasteiger partial charge in [0.2, 0.25) is 0 Å². The summed E-state index contributed by atoms with van der Waals surface area (Å²) < 4.78 is 0. The lowest BCUT2D eigenvalue weighted by Crippen LogP contribution is -1.76. The van der Waals surface area contributed by atoms with Crippen LogP contribution in [-0.4, -0.2) is 5.48 Å². The second-order valence-corrected chi connectivity index (χ2v) is 3.31. The van der Waals surface area contributed by atoms with Crippen LogP contribution in [0.5, 0.6) is 0 Å². The third-order valence-electron chi connectivity index (χ3n) is 2.26. The molecule has 0 fully saturated rings. The molecule has 0 aliphatic rings. The first kappa shape index (κ1) is 18.8. The fraction of sp³-hybridized carbons (Fsp3) is 0.294. The topological polar surface area (TPSA) is 31.5 Å². The van der Waals surface area contributed by atoms with Gasteiger partial charge in [0, 0.05) is 0 Å². The summed E-state index contributed by atoms with van der Waals surface area (Å²) in [7, 11) is 0. The van der Waals surface area contributed by atoms with Crippen LogP contribution >= 0.6 is 0 Å². The van der Waals surface area contributed by atoms with Gasteiger partial charge >= 0.3 is 0 Å². The summed E-state index contributed by atoms with van der Waals surface area (Å²) in [5, 5.41) is 2.58. The Bertz CT molecular complexity index is 458. The molecule has 0 saturated carbocycles. The summed E-state index contributed by atoms with van der Waals surface area (Å²) in [5.41, 5.74) is 2.48. The number of hydrogen-bond acceptors (Lipinski definition) is 0. The molecule has 0 aliphatic heterocycles. The molecule has 0 unspecified atom stereocenters. The standard InChI is InChI=1S/C13H12.2C2H6.H2O/c1-3-11-5-7-12-8-10(2)4-6-13(12)9-11;2*1-2;/h3-9H,1H2,2H3;2*1-2H3;1H2. The molecule has 0 aromatic heterocycles. The lowest BCUT2D eigenvalue weighted by molar-refractivity contribution is 0.824. The van der Waals surface area contributed by atoms with Gasteiger partial charge in [-0.1, -0.05) is 76.2 Å². The van der Waals surface area contributed by atoms with Crippen LogP contribution in [0.25, 0.3) is 16.8 Å². The number of fused-ring (bicyclic) bond motifs is 1. The van der Waals surface area contributed by atoms with E-state index in [4.69, 9.17) is 0 Å². The first-order valence-corrected chi connectivity index (χ1v) is 6.42. The quantitative estimate of drug-likeness (QED) is 0.676. The van der Waals surface area contributed by atoms with Gasteiger partial charge in [0.25, 0.3) is 0 Å². The first-order valence-electron chi connectivity index (χ1n) is 6.42. The molecular weight excluding hydrogens is 220 g/mol. The van der Waals surface area contributed by atoms with Gasteiger partial charge in [0.1, 0.15) is 0 Å². The van der Waals surface area contributed by atoms with Gasteiger partial charge in [-0.3, -0.25) is 0 Å². The van der Waals surface area contributed by atoms with Gasteiger partial charge in [-0.25, -0.2) is 0 Å². The molecule has 2 N–H and O–H groups in total. The Morgan fingerprint density at radius 3 is 1.89 bits per heavy atom. The average Bonchev–Trinajstić information content (AvgIpc) is 2.42. The van der Waals surface area contributed by atoms with E-state index in [1.165, 1.54) is 21.9 Å². The maximum atomic E-state index is 3.76. The molecule has 0 bridgehead atoms. The number of hydrogen-bond donors (Lipinski definition) is 0. The number of aryl methyl sites for hydroxylation is 1. The van der Waals surface area contributed by atoms with Gasteiger partial charge in [-0.2, -0.15) is 0 Å². The van der Waals surface area contributed by atoms with E-state index in [1.807, 2.05) is 33.8 Å².